The number of aromatic nitrogens is 2. The van der Waals surface area contributed by atoms with E-state index in [1.165, 1.54) is 43.3 Å². The SMILES string of the molecule is CC1=C(c2nc(-c3cccc(F)c3)no2)C(c2cccc(F)c2)NC(=O)N1c1cc(F)cc(F)c1. The molecule has 176 valence electrons. The number of rotatable bonds is 4. The third-order valence-electron chi connectivity index (χ3n) is 5.51. The van der Waals surface area contributed by atoms with Crippen molar-refractivity contribution in [2.24, 2.45) is 0 Å². The number of benzene rings is 3. The average Bonchev–Trinajstić information content (AvgIpc) is 3.28. The fraction of sp³-hybridized carbons (Fsp3) is 0.0800. The molecule has 10 heteroatoms. The molecule has 1 unspecified atom stereocenters. The van der Waals surface area contributed by atoms with Gasteiger partial charge in [-0.2, -0.15) is 4.98 Å². The quantitative estimate of drug-likeness (QED) is 0.364. The molecule has 0 fully saturated rings. The van der Waals surface area contributed by atoms with Gasteiger partial charge in [-0.1, -0.05) is 29.4 Å². The van der Waals surface area contributed by atoms with E-state index in [0.29, 0.717) is 17.2 Å². The fourth-order valence-corrected chi connectivity index (χ4v) is 4.01. The molecule has 35 heavy (non-hydrogen) atoms. The first kappa shape index (κ1) is 22.3. The van der Waals surface area contributed by atoms with Crippen LogP contribution in [0.15, 0.2) is 77.0 Å². The first-order chi connectivity index (χ1) is 16.8. The minimum absolute atomic E-state index is 0.0436. The van der Waals surface area contributed by atoms with E-state index in [1.807, 2.05) is 0 Å². The summed E-state index contributed by atoms with van der Waals surface area (Å²) in [7, 11) is 0. The number of allylic oxidation sites excluding steroid dienone is 1. The summed E-state index contributed by atoms with van der Waals surface area (Å²) in [6.45, 7) is 1.54. The zero-order valence-electron chi connectivity index (χ0n) is 18.1. The largest absolute Gasteiger partial charge is 0.334 e. The zero-order valence-corrected chi connectivity index (χ0v) is 18.1. The Balaban J connectivity index is 1.68. The lowest BCUT2D eigenvalue weighted by Gasteiger charge is -2.35. The maximum absolute atomic E-state index is 14.0. The molecule has 1 aromatic heterocycles. The third-order valence-corrected chi connectivity index (χ3v) is 5.51. The molecular formula is C25H16F4N4O2. The Kier molecular flexibility index (Phi) is 5.56. The molecule has 4 aromatic rings. The second-order valence-corrected chi connectivity index (χ2v) is 7.83. The van der Waals surface area contributed by atoms with E-state index in [0.717, 1.165) is 17.0 Å². The first-order valence-electron chi connectivity index (χ1n) is 10.4. The monoisotopic (exact) mass is 480 g/mol. The highest BCUT2D eigenvalue weighted by atomic mass is 19.1. The number of carbonyl (C=O) groups excluding carboxylic acids is 1. The number of nitrogens with one attached hydrogen (secondary N) is 1. The Morgan fingerprint density at radius 3 is 2.26 bits per heavy atom. The molecule has 1 N–H and O–H groups in total. The van der Waals surface area contributed by atoms with E-state index in [2.05, 4.69) is 15.5 Å². The van der Waals surface area contributed by atoms with Crippen molar-refractivity contribution in [2.45, 2.75) is 13.0 Å². The van der Waals surface area contributed by atoms with E-state index < -0.39 is 35.3 Å². The molecule has 0 saturated carbocycles. The van der Waals surface area contributed by atoms with Crippen LogP contribution < -0.4 is 10.2 Å². The number of halogens is 4. The number of nitrogens with zero attached hydrogens (tertiary/aromatic N) is 3. The van der Waals surface area contributed by atoms with Crippen LogP contribution in [0.2, 0.25) is 0 Å². The van der Waals surface area contributed by atoms with Gasteiger partial charge in [0.2, 0.25) is 5.82 Å². The Bertz CT molecular complexity index is 1460. The Hall–Kier alpha value is -4.47. The van der Waals surface area contributed by atoms with Gasteiger partial charge in [0.1, 0.15) is 23.3 Å². The maximum Gasteiger partial charge on any atom is 0.327 e. The molecule has 0 spiro atoms. The van der Waals surface area contributed by atoms with E-state index in [-0.39, 0.29) is 28.7 Å². The summed E-state index contributed by atoms with van der Waals surface area (Å²) in [5, 5.41) is 6.63. The number of urea groups is 1. The van der Waals surface area contributed by atoms with Crippen LogP contribution in [-0.4, -0.2) is 16.2 Å². The summed E-state index contributed by atoms with van der Waals surface area (Å²) in [5.74, 6) is -2.74. The van der Waals surface area contributed by atoms with E-state index >= 15 is 0 Å². The van der Waals surface area contributed by atoms with Crippen LogP contribution in [0.3, 0.4) is 0 Å². The molecule has 6 nitrogen and oxygen atoms in total. The third kappa shape index (κ3) is 4.25. The van der Waals surface area contributed by atoms with Crippen molar-refractivity contribution < 1.29 is 26.9 Å². The van der Waals surface area contributed by atoms with E-state index in [1.54, 1.807) is 12.1 Å². The van der Waals surface area contributed by atoms with Crippen molar-refractivity contribution in [3.63, 3.8) is 0 Å². The van der Waals surface area contributed by atoms with Gasteiger partial charge in [0.15, 0.2) is 0 Å². The highest BCUT2D eigenvalue weighted by molar-refractivity contribution is 6.01. The van der Waals surface area contributed by atoms with Crippen molar-refractivity contribution in [1.29, 1.82) is 0 Å². The number of amides is 2. The summed E-state index contributed by atoms with van der Waals surface area (Å²) < 4.78 is 61.1. The predicted molar refractivity (Wildman–Crippen MR) is 119 cm³/mol. The highest BCUT2D eigenvalue weighted by Gasteiger charge is 2.37. The van der Waals surface area contributed by atoms with Gasteiger partial charge in [-0.15, -0.1) is 0 Å². The average molecular weight is 480 g/mol. The van der Waals surface area contributed by atoms with Gasteiger partial charge in [0.05, 0.1) is 17.3 Å². The second kappa shape index (κ2) is 8.71. The van der Waals surface area contributed by atoms with Crippen LogP contribution in [0, 0.1) is 23.3 Å². The van der Waals surface area contributed by atoms with Gasteiger partial charge in [-0.25, -0.2) is 22.4 Å². The Morgan fingerprint density at radius 1 is 0.886 bits per heavy atom. The molecule has 2 amide bonds. The minimum Gasteiger partial charge on any atom is -0.334 e. The molecule has 0 saturated heterocycles. The molecule has 0 aliphatic carbocycles. The van der Waals surface area contributed by atoms with Gasteiger partial charge < -0.3 is 9.84 Å². The van der Waals surface area contributed by atoms with Crippen molar-refractivity contribution in [1.82, 2.24) is 15.5 Å². The fourth-order valence-electron chi connectivity index (χ4n) is 4.01. The van der Waals surface area contributed by atoms with Crippen molar-refractivity contribution in [3.8, 4) is 11.4 Å². The summed E-state index contributed by atoms with van der Waals surface area (Å²) >= 11 is 0. The number of hydrogen-bond donors (Lipinski definition) is 1. The van der Waals surface area contributed by atoms with Crippen LogP contribution in [0.25, 0.3) is 17.0 Å². The van der Waals surface area contributed by atoms with Crippen LogP contribution in [0.1, 0.15) is 24.4 Å². The molecule has 3 aromatic carbocycles. The number of hydrogen-bond acceptors (Lipinski definition) is 4. The number of anilines is 1. The van der Waals surface area contributed by atoms with Crippen LogP contribution >= 0.6 is 0 Å². The van der Waals surface area contributed by atoms with Gasteiger partial charge >= 0.3 is 6.03 Å². The minimum atomic E-state index is -0.923. The highest BCUT2D eigenvalue weighted by Crippen LogP contribution is 2.39. The van der Waals surface area contributed by atoms with Crippen molar-refractivity contribution in [3.05, 3.63) is 107 Å². The summed E-state index contributed by atoms with van der Waals surface area (Å²) in [4.78, 5) is 18.5. The first-order valence-corrected chi connectivity index (χ1v) is 10.4. The van der Waals surface area contributed by atoms with Crippen molar-refractivity contribution in [2.75, 3.05) is 4.90 Å². The van der Waals surface area contributed by atoms with E-state index in [4.69, 9.17) is 4.52 Å². The molecule has 1 aliphatic heterocycles. The number of carbonyl (C=O) groups is 1. The van der Waals surface area contributed by atoms with Gasteiger partial charge in [-0.3, -0.25) is 4.90 Å². The standard InChI is InChI=1S/C25H16F4N4O2/c1-13-21(24-31-23(32-35-24)15-5-3-7-17(27)9-15)22(14-4-2-6-16(26)8-14)30-25(34)33(13)20-11-18(28)10-19(29)12-20/h2-12,22H,1H3,(H,30,34). The molecule has 2 heterocycles. The molecule has 0 bridgehead atoms. The van der Waals surface area contributed by atoms with Crippen LogP contribution in [0.5, 0.6) is 0 Å². The molecule has 5 rings (SSSR count). The normalized spacial score (nSPS) is 16.0. The van der Waals surface area contributed by atoms with E-state index in [9.17, 15) is 22.4 Å². The Morgan fingerprint density at radius 2 is 1.57 bits per heavy atom. The maximum atomic E-state index is 14.0. The Labute approximate surface area is 196 Å². The second-order valence-electron chi connectivity index (χ2n) is 7.83. The molecule has 0 radical (unpaired) electrons. The van der Waals surface area contributed by atoms with Crippen molar-refractivity contribution >= 4 is 17.3 Å². The lowest BCUT2D eigenvalue weighted by Crippen LogP contribution is -2.46. The van der Waals surface area contributed by atoms with Crippen LogP contribution in [-0.2, 0) is 0 Å². The summed E-state index contributed by atoms with van der Waals surface area (Å²) in [6, 6.07) is 12.2. The van der Waals surface area contributed by atoms with Gasteiger partial charge in [-0.05, 0) is 48.9 Å². The smallest absolute Gasteiger partial charge is 0.327 e. The van der Waals surface area contributed by atoms with Crippen LogP contribution in [0.4, 0.5) is 28.0 Å². The van der Waals surface area contributed by atoms with Gasteiger partial charge in [0, 0.05) is 17.3 Å². The zero-order chi connectivity index (χ0) is 24.7. The molecular weight excluding hydrogens is 464 g/mol. The van der Waals surface area contributed by atoms with Gasteiger partial charge in [0.25, 0.3) is 5.89 Å². The lowest BCUT2D eigenvalue weighted by atomic mass is 9.94. The summed E-state index contributed by atoms with van der Waals surface area (Å²) in [5.41, 5.74) is 1.16. The summed E-state index contributed by atoms with van der Waals surface area (Å²) in [6.07, 6.45) is 0. The molecule has 1 atom stereocenters. The molecule has 1 aliphatic rings. The lowest BCUT2D eigenvalue weighted by molar-refractivity contribution is 0.244. The predicted octanol–water partition coefficient (Wildman–Crippen LogP) is 6.00. The topological polar surface area (TPSA) is 71.3 Å².